The molecule has 1 aromatic carbocycles. The Kier molecular flexibility index (Phi) is 5.09. The number of sulfonamides is 1. The van der Waals surface area contributed by atoms with Gasteiger partial charge in [-0.2, -0.15) is 0 Å². The lowest BCUT2D eigenvalue weighted by Crippen LogP contribution is -2.31. The van der Waals surface area contributed by atoms with E-state index >= 15 is 0 Å². The van der Waals surface area contributed by atoms with Crippen molar-refractivity contribution in [1.82, 2.24) is 4.72 Å². The quantitative estimate of drug-likeness (QED) is 0.763. The normalized spacial score (nSPS) is 19.1. The monoisotopic (exact) mass is 314 g/mol. The molecule has 0 saturated carbocycles. The van der Waals surface area contributed by atoms with Crippen LogP contribution >= 0.6 is 12.2 Å². The zero-order valence-corrected chi connectivity index (χ0v) is 12.7. The SMILES string of the molecule is NC(=S)c1ccc(CNS(=O)(=O)CC2CCCO2)cc1. The Hall–Kier alpha value is -1.02. The van der Waals surface area contributed by atoms with Crippen LogP contribution < -0.4 is 10.5 Å². The molecule has 2 rings (SSSR count). The van der Waals surface area contributed by atoms with E-state index in [9.17, 15) is 8.42 Å². The second kappa shape index (κ2) is 6.62. The summed E-state index contributed by atoms with van der Waals surface area (Å²) in [5.41, 5.74) is 7.14. The van der Waals surface area contributed by atoms with Gasteiger partial charge in [-0.05, 0) is 18.4 Å². The largest absolute Gasteiger partial charge is 0.389 e. The van der Waals surface area contributed by atoms with Gasteiger partial charge in [-0.15, -0.1) is 0 Å². The maximum Gasteiger partial charge on any atom is 0.214 e. The molecule has 0 bridgehead atoms. The van der Waals surface area contributed by atoms with Crippen LogP contribution in [0, 0.1) is 0 Å². The summed E-state index contributed by atoms with van der Waals surface area (Å²) in [6, 6.07) is 7.18. The smallest absolute Gasteiger partial charge is 0.214 e. The second-order valence-electron chi connectivity index (χ2n) is 4.80. The predicted octanol–water partition coefficient (Wildman–Crippen LogP) is 0.919. The first kappa shape index (κ1) is 15.4. The molecular formula is C13H18N2O3S2. The first-order valence-corrected chi connectivity index (χ1v) is 8.50. The fourth-order valence-corrected chi connectivity index (χ4v) is 3.45. The highest BCUT2D eigenvalue weighted by molar-refractivity contribution is 7.89. The van der Waals surface area contributed by atoms with Gasteiger partial charge in [-0.3, -0.25) is 0 Å². The van der Waals surface area contributed by atoms with Gasteiger partial charge in [0, 0.05) is 18.7 Å². The van der Waals surface area contributed by atoms with Crippen molar-refractivity contribution in [1.29, 1.82) is 0 Å². The number of ether oxygens (including phenoxy) is 1. The molecule has 20 heavy (non-hydrogen) atoms. The van der Waals surface area contributed by atoms with E-state index in [1.54, 1.807) is 12.1 Å². The van der Waals surface area contributed by atoms with Crippen molar-refractivity contribution in [3.8, 4) is 0 Å². The summed E-state index contributed by atoms with van der Waals surface area (Å²) < 4.78 is 31.7. The molecular weight excluding hydrogens is 296 g/mol. The Labute approximate surface area is 124 Å². The molecule has 0 aromatic heterocycles. The number of rotatable bonds is 6. The van der Waals surface area contributed by atoms with Gasteiger partial charge >= 0.3 is 0 Å². The molecule has 1 unspecified atom stereocenters. The molecule has 1 aliphatic rings. The van der Waals surface area contributed by atoms with Crippen LogP contribution in [-0.2, 0) is 21.3 Å². The molecule has 1 aromatic rings. The Morgan fingerprint density at radius 2 is 2.10 bits per heavy atom. The lowest BCUT2D eigenvalue weighted by atomic mass is 10.1. The minimum atomic E-state index is -3.32. The Balaban J connectivity index is 1.88. The third-order valence-electron chi connectivity index (χ3n) is 3.16. The van der Waals surface area contributed by atoms with Gasteiger partial charge < -0.3 is 10.5 Å². The van der Waals surface area contributed by atoms with Gasteiger partial charge in [0.25, 0.3) is 0 Å². The third-order valence-corrected chi connectivity index (χ3v) is 4.79. The van der Waals surface area contributed by atoms with E-state index in [1.165, 1.54) is 0 Å². The third kappa shape index (κ3) is 4.52. The summed E-state index contributed by atoms with van der Waals surface area (Å²) in [5, 5.41) is 0. The number of nitrogens with two attached hydrogens (primary N) is 1. The predicted molar refractivity (Wildman–Crippen MR) is 81.9 cm³/mol. The molecule has 1 atom stereocenters. The van der Waals surface area contributed by atoms with Crippen LogP contribution in [-0.4, -0.2) is 31.9 Å². The van der Waals surface area contributed by atoms with E-state index in [0.717, 1.165) is 24.0 Å². The lowest BCUT2D eigenvalue weighted by Gasteiger charge is -2.11. The first-order chi connectivity index (χ1) is 9.46. The van der Waals surface area contributed by atoms with Crippen molar-refractivity contribution in [3.05, 3.63) is 35.4 Å². The molecule has 5 nitrogen and oxygen atoms in total. The van der Waals surface area contributed by atoms with E-state index in [4.69, 9.17) is 22.7 Å². The fourth-order valence-electron chi connectivity index (χ4n) is 2.06. The van der Waals surface area contributed by atoms with Crippen molar-refractivity contribution in [3.63, 3.8) is 0 Å². The van der Waals surface area contributed by atoms with Crippen molar-refractivity contribution in [2.45, 2.75) is 25.5 Å². The van der Waals surface area contributed by atoms with Crippen LogP contribution in [0.5, 0.6) is 0 Å². The Morgan fingerprint density at radius 1 is 1.40 bits per heavy atom. The molecule has 1 saturated heterocycles. The molecule has 7 heteroatoms. The average molecular weight is 314 g/mol. The minimum Gasteiger partial charge on any atom is -0.389 e. The van der Waals surface area contributed by atoms with Gasteiger partial charge in [0.15, 0.2) is 0 Å². The summed E-state index contributed by atoms with van der Waals surface area (Å²) in [6.45, 7) is 0.910. The topological polar surface area (TPSA) is 81.4 Å². The molecule has 0 radical (unpaired) electrons. The zero-order valence-electron chi connectivity index (χ0n) is 11.0. The molecule has 1 heterocycles. The average Bonchev–Trinajstić information content (AvgIpc) is 2.89. The van der Waals surface area contributed by atoms with Crippen molar-refractivity contribution >= 4 is 27.2 Å². The zero-order chi connectivity index (χ0) is 14.6. The van der Waals surface area contributed by atoms with Crippen molar-refractivity contribution in [2.75, 3.05) is 12.4 Å². The minimum absolute atomic E-state index is 0.0258. The number of benzene rings is 1. The van der Waals surface area contributed by atoms with E-state index in [-0.39, 0.29) is 18.4 Å². The highest BCUT2D eigenvalue weighted by Crippen LogP contribution is 2.13. The Morgan fingerprint density at radius 3 is 2.65 bits per heavy atom. The summed E-state index contributed by atoms with van der Waals surface area (Å²) in [5.74, 6) is 0.0258. The van der Waals surface area contributed by atoms with E-state index < -0.39 is 10.0 Å². The molecule has 1 fully saturated rings. The summed E-state index contributed by atoms with van der Waals surface area (Å²) in [7, 11) is -3.32. The lowest BCUT2D eigenvalue weighted by molar-refractivity contribution is 0.127. The number of hydrogen-bond donors (Lipinski definition) is 2. The molecule has 0 spiro atoms. The van der Waals surface area contributed by atoms with E-state index in [1.807, 2.05) is 12.1 Å². The molecule has 0 amide bonds. The standard InChI is InChI=1S/C13H18N2O3S2/c14-13(19)11-5-3-10(4-6-11)8-15-20(16,17)9-12-2-1-7-18-12/h3-6,12,15H,1-2,7-9H2,(H2,14,19). The Bertz CT molecular complexity index is 564. The maximum absolute atomic E-state index is 11.9. The molecule has 1 aliphatic heterocycles. The van der Waals surface area contributed by atoms with Crippen LogP contribution in [0.2, 0.25) is 0 Å². The first-order valence-electron chi connectivity index (χ1n) is 6.44. The van der Waals surface area contributed by atoms with E-state index in [2.05, 4.69) is 4.72 Å². The van der Waals surface area contributed by atoms with Crippen molar-refractivity contribution in [2.24, 2.45) is 5.73 Å². The molecule has 3 N–H and O–H groups in total. The van der Waals surface area contributed by atoms with Gasteiger partial charge in [-0.1, -0.05) is 36.5 Å². The number of thiocarbonyl (C=S) groups is 1. The fraction of sp³-hybridized carbons (Fsp3) is 0.462. The summed E-state index contributed by atoms with van der Waals surface area (Å²) in [4.78, 5) is 0.329. The van der Waals surface area contributed by atoms with Crippen LogP contribution in [0.1, 0.15) is 24.0 Å². The van der Waals surface area contributed by atoms with Gasteiger partial charge in [0.2, 0.25) is 10.0 Å². The van der Waals surface area contributed by atoms with Gasteiger partial charge in [-0.25, -0.2) is 13.1 Å². The highest BCUT2D eigenvalue weighted by Gasteiger charge is 2.22. The summed E-state index contributed by atoms with van der Waals surface area (Å²) >= 11 is 4.86. The van der Waals surface area contributed by atoms with Crippen molar-refractivity contribution < 1.29 is 13.2 Å². The maximum atomic E-state index is 11.9. The molecule has 0 aliphatic carbocycles. The summed E-state index contributed by atoms with van der Waals surface area (Å²) in [6.07, 6.45) is 1.56. The van der Waals surface area contributed by atoms with Crippen LogP contribution in [0.3, 0.4) is 0 Å². The number of hydrogen-bond acceptors (Lipinski definition) is 4. The van der Waals surface area contributed by atoms with Crippen LogP contribution in [0.15, 0.2) is 24.3 Å². The second-order valence-corrected chi connectivity index (χ2v) is 7.09. The molecule has 110 valence electrons. The van der Waals surface area contributed by atoms with Crippen LogP contribution in [0.4, 0.5) is 0 Å². The number of nitrogens with one attached hydrogen (secondary N) is 1. The van der Waals surface area contributed by atoms with E-state index in [0.29, 0.717) is 11.6 Å². The van der Waals surface area contributed by atoms with Gasteiger partial charge in [0.05, 0.1) is 11.9 Å². The highest BCUT2D eigenvalue weighted by atomic mass is 32.2. The van der Waals surface area contributed by atoms with Gasteiger partial charge in [0.1, 0.15) is 4.99 Å². The van der Waals surface area contributed by atoms with Crippen LogP contribution in [0.25, 0.3) is 0 Å².